The number of allylic oxidation sites excluding steroid dienone is 2. The first-order valence-electron chi connectivity index (χ1n) is 5.88. The van der Waals surface area contributed by atoms with Crippen LogP contribution in [0, 0.1) is 0 Å². The van der Waals surface area contributed by atoms with E-state index >= 15 is 0 Å². The van der Waals surface area contributed by atoms with Gasteiger partial charge in [0.1, 0.15) is 0 Å². The van der Waals surface area contributed by atoms with E-state index in [0.29, 0.717) is 0 Å². The number of rotatable bonds is 4. The Balaban J connectivity index is 2.23. The highest BCUT2D eigenvalue weighted by Crippen LogP contribution is 2.17. The number of hydrogen-bond donors (Lipinski definition) is 1. The second-order valence-corrected chi connectivity index (χ2v) is 4.08. The van der Waals surface area contributed by atoms with Gasteiger partial charge in [-0.05, 0) is 32.3 Å². The Morgan fingerprint density at radius 2 is 1.93 bits per heavy atom. The van der Waals surface area contributed by atoms with Crippen LogP contribution in [-0.4, -0.2) is 12.6 Å². The third-order valence-corrected chi connectivity index (χ3v) is 2.95. The molecular weight excluding hydrogens is 170 g/mol. The first kappa shape index (κ1) is 11.5. The summed E-state index contributed by atoms with van der Waals surface area (Å²) in [6.45, 7) is 5.22. The highest BCUT2D eigenvalue weighted by atomic mass is 14.9. The molecule has 0 atom stereocenters. The zero-order chi connectivity index (χ0) is 10.2. The minimum atomic E-state index is 0.768. The average Bonchev–Trinajstić information content (AvgIpc) is 2.25. The van der Waals surface area contributed by atoms with Gasteiger partial charge in [-0.2, -0.15) is 0 Å². The highest BCUT2D eigenvalue weighted by Gasteiger charge is 2.11. The molecule has 1 saturated carbocycles. The van der Waals surface area contributed by atoms with Gasteiger partial charge in [0, 0.05) is 12.6 Å². The Hall–Kier alpha value is -0.560. The van der Waals surface area contributed by atoms with Crippen molar-refractivity contribution in [2.45, 2.75) is 52.0 Å². The Morgan fingerprint density at radius 1 is 1.21 bits per heavy atom. The Kier molecular flexibility index (Phi) is 5.62. The topological polar surface area (TPSA) is 12.0 Å². The smallest absolute Gasteiger partial charge is 0.0204 e. The van der Waals surface area contributed by atoms with Gasteiger partial charge in [0.05, 0.1) is 0 Å². The monoisotopic (exact) mass is 193 g/mol. The first-order valence-corrected chi connectivity index (χ1v) is 5.88. The highest BCUT2D eigenvalue weighted by molar-refractivity contribution is 5.18. The van der Waals surface area contributed by atoms with Gasteiger partial charge in [0.2, 0.25) is 0 Å². The van der Waals surface area contributed by atoms with Crippen molar-refractivity contribution in [2.75, 3.05) is 6.54 Å². The SMILES string of the molecule is C/C=C\C(=C/C)CNC1CCCCC1. The summed E-state index contributed by atoms with van der Waals surface area (Å²) in [4.78, 5) is 0. The molecule has 0 aromatic carbocycles. The van der Waals surface area contributed by atoms with E-state index in [1.165, 1.54) is 37.7 Å². The van der Waals surface area contributed by atoms with Gasteiger partial charge in [-0.15, -0.1) is 0 Å². The van der Waals surface area contributed by atoms with Gasteiger partial charge in [-0.25, -0.2) is 0 Å². The minimum absolute atomic E-state index is 0.768. The first-order chi connectivity index (χ1) is 6.86. The molecule has 0 spiro atoms. The lowest BCUT2D eigenvalue weighted by molar-refractivity contribution is 0.383. The summed E-state index contributed by atoms with van der Waals surface area (Å²) in [5, 5.41) is 3.64. The van der Waals surface area contributed by atoms with E-state index in [1.807, 2.05) is 0 Å². The predicted octanol–water partition coefficient (Wildman–Crippen LogP) is 3.43. The molecule has 80 valence electrons. The number of nitrogens with one attached hydrogen (secondary N) is 1. The van der Waals surface area contributed by atoms with Gasteiger partial charge >= 0.3 is 0 Å². The molecule has 0 aromatic heterocycles. The summed E-state index contributed by atoms with van der Waals surface area (Å²) < 4.78 is 0. The maximum absolute atomic E-state index is 3.64. The molecule has 0 aromatic rings. The van der Waals surface area contributed by atoms with Crippen LogP contribution in [-0.2, 0) is 0 Å². The standard InChI is InChI=1S/C13H23N/c1-3-8-12(4-2)11-14-13-9-6-5-7-10-13/h3-4,8,13-14H,5-7,9-11H2,1-2H3/b8-3-,12-4+. The second-order valence-electron chi connectivity index (χ2n) is 4.08. The molecular formula is C13H23N. The van der Waals surface area contributed by atoms with E-state index in [0.717, 1.165) is 12.6 Å². The molecule has 1 aliphatic carbocycles. The van der Waals surface area contributed by atoms with Crippen LogP contribution >= 0.6 is 0 Å². The molecule has 14 heavy (non-hydrogen) atoms. The molecule has 1 aliphatic rings. The van der Waals surface area contributed by atoms with Gasteiger partial charge in [0.15, 0.2) is 0 Å². The molecule has 0 amide bonds. The lowest BCUT2D eigenvalue weighted by Crippen LogP contribution is -2.32. The van der Waals surface area contributed by atoms with Crippen molar-refractivity contribution in [3.63, 3.8) is 0 Å². The maximum Gasteiger partial charge on any atom is 0.0204 e. The van der Waals surface area contributed by atoms with Crippen LogP contribution in [0.2, 0.25) is 0 Å². The molecule has 1 fully saturated rings. The van der Waals surface area contributed by atoms with E-state index in [4.69, 9.17) is 0 Å². The van der Waals surface area contributed by atoms with Crippen LogP contribution in [0.5, 0.6) is 0 Å². The fraction of sp³-hybridized carbons (Fsp3) is 0.692. The van der Waals surface area contributed by atoms with Crippen molar-refractivity contribution < 1.29 is 0 Å². The third-order valence-electron chi connectivity index (χ3n) is 2.95. The van der Waals surface area contributed by atoms with Crippen LogP contribution in [0.1, 0.15) is 46.0 Å². The van der Waals surface area contributed by atoms with Crippen LogP contribution in [0.15, 0.2) is 23.8 Å². The number of hydrogen-bond acceptors (Lipinski definition) is 1. The van der Waals surface area contributed by atoms with Crippen LogP contribution in [0.25, 0.3) is 0 Å². The fourth-order valence-corrected chi connectivity index (χ4v) is 2.04. The molecule has 1 heteroatoms. The quantitative estimate of drug-likeness (QED) is 0.674. The van der Waals surface area contributed by atoms with Crippen LogP contribution in [0.3, 0.4) is 0 Å². The second kappa shape index (κ2) is 6.83. The molecule has 0 aliphatic heterocycles. The van der Waals surface area contributed by atoms with Crippen molar-refractivity contribution in [3.05, 3.63) is 23.8 Å². The van der Waals surface area contributed by atoms with E-state index in [1.54, 1.807) is 0 Å². The van der Waals surface area contributed by atoms with Crippen LogP contribution in [0.4, 0.5) is 0 Å². The molecule has 0 saturated heterocycles. The summed E-state index contributed by atoms with van der Waals surface area (Å²) in [6.07, 6.45) is 13.5. The minimum Gasteiger partial charge on any atom is -0.310 e. The fourth-order valence-electron chi connectivity index (χ4n) is 2.04. The summed E-state index contributed by atoms with van der Waals surface area (Å²) in [6, 6.07) is 0.768. The molecule has 1 N–H and O–H groups in total. The largest absolute Gasteiger partial charge is 0.310 e. The van der Waals surface area contributed by atoms with Gasteiger partial charge in [-0.3, -0.25) is 0 Å². The van der Waals surface area contributed by atoms with Gasteiger partial charge in [0.25, 0.3) is 0 Å². The van der Waals surface area contributed by atoms with Gasteiger partial charge < -0.3 is 5.32 Å². The molecule has 0 heterocycles. The summed E-state index contributed by atoms with van der Waals surface area (Å²) >= 11 is 0. The zero-order valence-corrected chi connectivity index (χ0v) is 9.55. The average molecular weight is 193 g/mol. The molecule has 0 radical (unpaired) electrons. The van der Waals surface area contributed by atoms with Crippen molar-refractivity contribution in [3.8, 4) is 0 Å². The lowest BCUT2D eigenvalue weighted by atomic mass is 9.95. The molecule has 0 unspecified atom stereocenters. The van der Waals surface area contributed by atoms with E-state index in [9.17, 15) is 0 Å². The van der Waals surface area contributed by atoms with Crippen molar-refractivity contribution in [1.29, 1.82) is 0 Å². The summed E-state index contributed by atoms with van der Waals surface area (Å²) in [5.74, 6) is 0. The van der Waals surface area contributed by atoms with Crippen molar-refractivity contribution >= 4 is 0 Å². The third kappa shape index (κ3) is 4.10. The summed E-state index contributed by atoms with van der Waals surface area (Å²) in [5.41, 5.74) is 1.40. The van der Waals surface area contributed by atoms with E-state index in [2.05, 4.69) is 37.4 Å². The van der Waals surface area contributed by atoms with Gasteiger partial charge in [-0.1, -0.05) is 37.5 Å². The van der Waals surface area contributed by atoms with E-state index in [-0.39, 0.29) is 0 Å². The maximum atomic E-state index is 3.64. The van der Waals surface area contributed by atoms with E-state index < -0.39 is 0 Å². The van der Waals surface area contributed by atoms with Crippen LogP contribution < -0.4 is 5.32 Å². The lowest BCUT2D eigenvalue weighted by Gasteiger charge is -2.23. The molecule has 0 bridgehead atoms. The summed E-state index contributed by atoms with van der Waals surface area (Å²) in [7, 11) is 0. The predicted molar refractivity (Wildman–Crippen MR) is 63.4 cm³/mol. The Labute approximate surface area is 88.3 Å². The molecule has 1 rings (SSSR count). The zero-order valence-electron chi connectivity index (χ0n) is 9.55. The molecule has 1 nitrogen and oxygen atoms in total. The normalized spacial score (nSPS) is 20.6. The Bertz CT molecular complexity index is 197. The Morgan fingerprint density at radius 3 is 2.50 bits per heavy atom. The van der Waals surface area contributed by atoms with Crippen molar-refractivity contribution in [2.24, 2.45) is 0 Å². The van der Waals surface area contributed by atoms with Crippen molar-refractivity contribution in [1.82, 2.24) is 5.32 Å².